The highest BCUT2D eigenvalue weighted by Gasteiger charge is 2.19. The molecular formula is C19H19FN4O2S. The number of hydrogen-bond acceptors (Lipinski definition) is 6. The van der Waals surface area contributed by atoms with E-state index in [2.05, 4.69) is 26.7 Å². The molecule has 0 atom stereocenters. The molecule has 1 aliphatic heterocycles. The summed E-state index contributed by atoms with van der Waals surface area (Å²) >= 11 is 1.52. The van der Waals surface area contributed by atoms with Crippen molar-refractivity contribution in [2.45, 2.75) is 37.4 Å². The van der Waals surface area contributed by atoms with Gasteiger partial charge < -0.3 is 14.0 Å². The van der Waals surface area contributed by atoms with Crippen LogP contribution in [-0.2, 0) is 23.6 Å². The number of rotatable bonds is 6. The fourth-order valence-corrected chi connectivity index (χ4v) is 3.97. The second kappa shape index (κ2) is 8.06. The normalized spacial score (nSPS) is 13.3. The van der Waals surface area contributed by atoms with E-state index in [0.29, 0.717) is 18.1 Å². The Bertz CT molecular complexity index is 933. The minimum atomic E-state index is -0.286. The minimum absolute atomic E-state index is 0.189. The predicted octanol–water partition coefficient (Wildman–Crippen LogP) is 4.05. The summed E-state index contributed by atoms with van der Waals surface area (Å²) in [6.45, 7) is 3.47. The van der Waals surface area contributed by atoms with Gasteiger partial charge in [-0.15, -0.1) is 10.2 Å². The molecule has 2 aromatic heterocycles. The number of nitrogens with zero attached hydrogens (tertiary/aromatic N) is 4. The molecule has 3 heterocycles. The molecule has 0 radical (unpaired) electrons. The first-order valence-electron chi connectivity index (χ1n) is 8.74. The van der Waals surface area contributed by atoms with Crippen LogP contribution in [0, 0.1) is 5.82 Å². The van der Waals surface area contributed by atoms with Gasteiger partial charge in [-0.1, -0.05) is 18.7 Å². The highest BCUT2D eigenvalue weighted by atomic mass is 32.2. The Hall–Kier alpha value is -2.45. The summed E-state index contributed by atoms with van der Waals surface area (Å²) in [6.07, 6.45) is 4.44. The molecule has 1 aliphatic rings. The van der Waals surface area contributed by atoms with Crippen molar-refractivity contribution in [3.8, 4) is 17.1 Å². The van der Waals surface area contributed by atoms with Crippen LogP contribution in [-0.4, -0.2) is 26.5 Å². The maximum atomic E-state index is 13.9. The SMILES string of the molecule is CCCn1c(SCc2cc(F)cc3c2OCOC3)nnc1-c1ccncc1. The maximum Gasteiger partial charge on any atom is 0.191 e. The minimum Gasteiger partial charge on any atom is -0.467 e. The van der Waals surface area contributed by atoms with E-state index >= 15 is 0 Å². The summed E-state index contributed by atoms with van der Waals surface area (Å²) in [5.41, 5.74) is 2.51. The number of pyridine rings is 1. The summed E-state index contributed by atoms with van der Waals surface area (Å²) in [4.78, 5) is 4.06. The molecule has 0 amide bonds. The molecule has 140 valence electrons. The zero-order chi connectivity index (χ0) is 18.6. The van der Waals surface area contributed by atoms with Crippen LogP contribution >= 0.6 is 11.8 Å². The summed E-state index contributed by atoms with van der Waals surface area (Å²) in [6, 6.07) is 6.81. The van der Waals surface area contributed by atoms with Crippen molar-refractivity contribution in [1.29, 1.82) is 0 Å². The molecule has 0 N–H and O–H groups in total. The van der Waals surface area contributed by atoms with Gasteiger partial charge in [-0.3, -0.25) is 4.98 Å². The third-order valence-electron chi connectivity index (χ3n) is 4.21. The second-order valence-corrected chi connectivity index (χ2v) is 7.09. The third kappa shape index (κ3) is 3.81. The lowest BCUT2D eigenvalue weighted by atomic mass is 10.1. The van der Waals surface area contributed by atoms with E-state index in [9.17, 15) is 4.39 Å². The van der Waals surface area contributed by atoms with Crippen LogP contribution in [0.1, 0.15) is 24.5 Å². The van der Waals surface area contributed by atoms with Crippen molar-refractivity contribution < 1.29 is 13.9 Å². The van der Waals surface area contributed by atoms with Gasteiger partial charge in [0.15, 0.2) is 17.8 Å². The monoisotopic (exact) mass is 386 g/mol. The van der Waals surface area contributed by atoms with Crippen LogP contribution in [0.2, 0.25) is 0 Å². The number of halogens is 1. The first kappa shape index (κ1) is 17.9. The molecule has 3 aromatic rings. The van der Waals surface area contributed by atoms with Gasteiger partial charge in [-0.25, -0.2) is 4.39 Å². The van der Waals surface area contributed by atoms with Gasteiger partial charge in [0.25, 0.3) is 0 Å². The molecule has 4 rings (SSSR count). The van der Waals surface area contributed by atoms with E-state index < -0.39 is 0 Å². The molecule has 27 heavy (non-hydrogen) atoms. The van der Waals surface area contributed by atoms with Gasteiger partial charge in [0.2, 0.25) is 0 Å². The summed E-state index contributed by atoms with van der Waals surface area (Å²) in [5.74, 6) is 1.78. The first-order chi connectivity index (χ1) is 13.3. The van der Waals surface area contributed by atoms with Gasteiger partial charge in [0, 0.05) is 41.4 Å². The molecule has 0 fully saturated rings. The number of benzene rings is 1. The molecule has 0 saturated heterocycles. The predicted molar refractivity (Wildman–Crippen MR) is 99.8 cm³/mol. The van der Waals surface area contributed by atoms with E-state index in [1.807, 2.05) is 12.1 Å². The number of aromatic nitrogens is 4. The van der Waals surface area contributed by atoms with E-state index in [4.69, 9.17) is 9.47 Å². The molecule has 0 spiro atoms. The highest BCUT2D eigenvalue weighted by Crippen LogP contribution is 2.34. The lowest BCUT2D eigenvalue weighted by Gasteiger charge is -2.20. The standard InChI is InChI=1S/C19H19FN4O2S/c1-2-7-24-18(13-3-5-21-6-4-13)22-23-19(24)27-11-15-9-16(20)8-14-10-25-12-26-17(14)15/h3-6,8-9H,2,7,10-12H2,1H3. The van der Waals surface area contributed by atoms with Gasteiger partial charge in [0.05, 0.1) is 6.61 Å². The van der Waals surface area contributed by atoms with Crippen molar-refractivity contribution in [3.05, 3.63) is 53.6 Å². The zero-order valence-electron chi connectivity index (χ0n) is 14.9. The van der Waals surface area contributed by atoms with Crippen molar-refractivity contribution in [2.24, 2.45) is 0 Å². The van der Waals surface area contributed by atoms with Crippen molar-refractivity contribution in [3.63, 3.8) is 0 Å². The van der Waals surface area contributed by atoms with Crippen LogP contribution < -0.4 is 4.74 Å². The Morgan fingerprint density at radius 1 is 1.22 bits per heavy atom. The van der Waals surface area contributed by atoms with E-state index in [0.717, 1.165) is 40.6 Å². The van der Waals surface area contributed by atoms with Gasteiger partial charge in [-0.2, -0.15) is 0 Å². The van der Waals surface area contributed by atoms with Crippen LogP contribution in [0.4, 0.5) is 4.39 Å². The van der Waals surface area contributed by atoms with E-state index in [-0.39, 0.29) is 12.6 Å². The van der Waals surface area contributed by atoms with Crippen LogP contribution in [0.3, 0.4) is 0 Å². The fourth-order valence-electron chi connectivity index (χ4n) is 3.04. The first-order valence-corrected chi connectivity index (χ1v) is 9.73. The van der Waals surface area contributed by atoms with Crippen molar-refractivity contribution >= 4 is 11.8 Å². The van der Waals surface area contributed by atoms with Crippen LogP contribution in [0.15, 0.2) is 41.8 Å². The van der Waals surface area contributed by atoms with E-state index in [1.54, 1.807) is 12.4 Å². The quantitative estimate of drug-likeness (QED) is 0.596. The van der Waals surface area contributed by atoms with E-state index in [1.165, 1.54) is 23.9 Å². The lowest BCUT2D eigenvalue weighted by Crippen LogP contribution is -2.13. The smallest absolute Gasteiger partial charge is 0.191 e. The zero-order valence-corrected chi connectivity index (χ0v) is 15.7. The fraction of sp³-hybridized carbons (Fsp3) is 0.316. The highest BCUT2D eigenvalue weighted by molar-refractivity contribution is 7.98. The van der Waals surface area contributed by atoms with Gasteiger partial charge >= 0.3 is 0 Å². The van der Waals surface area contributed by atoms with Crippen molar-refractivity contribution in [2.75, 3.05) is 6.79 Å². The Labute approximate surface area is 160 Å². The molecular weight excluding hydrogens is 367 g/mol. The Kier molecular flexibility index (Phi) is 5.35. The molecule has 0 aliphatic carbocycles. The van der Waals surface area contributed by atoms with Gasteiger partial charge in [0.1, 0.15) is 11.6 Å². The van der Waals surface area contributed by atoms with Crippen LogP contribution in [0.5, 0.6) is 5.75 Å². The molecule has 1 aromatic carbocycles. The molecule has 0 saturated carbocycles. The Morgan fingerprint density at radius 2 is 2.07 bits per heavy atom. The number of hydrogen-bond donors (Lipinski definition) is 0. The van der Waals surface area contributed by atoms with Gasteiger partial charge in [-0.05, 0) is 30.7 Å². The number of thioether (sulfide) groups is 1. The number of fused-ring (bicyclic) bond motifs is 1. The number of ether oxygens (including phenoxy) is 2. The topological polar surface area (TPSA) is 62.1 Å². The average molecular weight is 386 g/mol. The van der Waals surface area contributed by atoms with Crippen molar-refractivity contribution in [1.82, 2.24) is 19.7 Å². The molecule has 0 unspecified atom stereocenters. The largest absolute Gasteiger partial charge is 0.467 e. The molecule has 6 nitrogen and oxygen atoms in total. The molecule has 8 heteroatoms. The maximum absolute atomic E-state index is 13.9. The second-order valence-electron chi connectivity index (χ2n) is 6.15. The average Bonchev–Trinajstić information content (AvgIpc) is 3.09. The Balaban J connectivity index is 1.61. The van der Waals surface area contributed by atoms with Crippen LogP contribution in [0.25, 0.3) is 11.4 Å². The third-order valence-corrected chi connectivity index (χ3v) is 5.23. The summed E-state index contributed by atoms with van der Waals surface area (Å²) < 4.78 is 26.9. The molecule has 0 bridgehead atoms. The summed E-state index contributed by atoms with van der Waals surface area (Å²) in [5, 5.41) is 9.52. The summed E-state index contributed by atoms with van der Waals surface area (Å²) in [7, 11) is 0. The lowest BCUT2D eigenvalue weighted by molar-refractivity contribution is -0.0171. The Morgan fingerprint density at radius 3 is 2.89 bits per heavy atom.